The number of aromatic nitrogens is 1. The van der Waals surface area contributed by atoms with E-state index in [9.17, 15) is 4.79 Å². The van der Waals surface area contributed by atoms with Crippen molar-refractivity contribution in [3.63, 3.8) is 0 Å². The third kappa shape index (κ3) is 4.36. The third-order valence-corrected chi connectivity index (χ3v) is 3.34. The maximum Gasteiger partial charge on any atom is 0.269 e. The Morgan fingerprint density at radius 2 is 1.95 bits per heavy atom. The molecule has 1 heterocycles. The molecule has 1 rings (SSSR count). The molecule has 19 heavy (non-hydrogen) atoms. The zero-order valence-corrected chi connectivity index (χ0v) is 12.0. The summed E-state index contributed by atoms with van der Waals surface area (Å²) >= 11 is 0. The van der Waals surface area contributed by atoms with Gasteiger partial charge in [-0.25, -0.2) is 4.98 Å². The lowest BCUT2D eigenvalue weighted by molar-refractivity contribution is 0.0932. The van der Waals surface area contributed by atoms with Crippen molar-refractivity contribution in [2.75, 3.05) is 6.54 Å². The molecule has 0 fully saturated rings. The van der Waals surface area contributed by atoms with Gasteiger partial charge in [0.15, 0.2) is 0 Å². The molecule has 0 unspecified atom stereocenters. The van der Waals surface area contributed by atoms with Crippen LogP contribution in [0.5, 0.6) is 0 Å². The first-order chi connectivity index (χ1) is 8.95. The Morgan fingerprint density at radius 3 is 2.37 bits per heavy atom. The minimum atomic E-state index is -0.184. The Bertz CT molecular complexity index is 449. The fraction of sp³-hybridized carbons (Fsp3) is 0.533. The molecule has 0 spiro atoms. The highest BCUT2D eigenvalue weighted by Crippen LogP contribution is 2.19. The van der Waals surface area contributed by atoms with Crippen LogP contribution in [0.1, 0.15) is 43.7 Å². The maximum atomic E-state index is 11.9. The summed E-state index contributed by atoms with van der Waals surface area (Å²) in [6, 6.07) is 5.16. The van der Waals surface area contributed by atoms with E-state index < -0.39 is 0 Å². The number of rotatable bonds is 5. The largest absolute Gasteiger partial charge is 0.350 e. The minimum absolute atomic E-state index is 0.184. The summed E-state index contributed by atoms with van der Waals surface area (Å²) in [5, 5.41) is 11.6. The summed E-state index contributed by atoms with van der Waals surface area (Å²) in [6.07, 6.45) is 1.41. The lowest BCUT2D eigenvalue weighted by Crippen LogP contribution is -2.34. The van der Waals surface area contributed by atoms with Gasteiger partial charge >= 0.3 is 0 Å². The lowest BCUT2D eigenvalue weighted by atomic mass is 9.85. The van der Waals surface area contributed by atoms with Crippen LogP contribution < -0.4 is 5.32 Å². The normalized spacial score (nSPS) is 10.8. The van der Waals surface area contributed by atoms with Crippen LogP contribution in [0.15, 0.2) is 18.3 Å². The lowest BCUT2D eigenvalue weighted by Gasteiger charge is -2.24. The molecule has 0 aliphatic heterocycles. The topological polar surface area (TPSA) is 65.8 Å². The monoisotopic (exact) mass is 259 g/mol. The van der Waals surface area contributed by atoms with Crippen LogP contribution in [0.3, 0.4) is 0 Å². The van der Waals surface area contributed by atoms with Crippen molar-refractivity contribution in [1.29, 1.82) is 5.26 Å². The fourth-order valence-corrected chi connectivity index (χ4v) is 2.14. The first kappa shape index (κ1) is 15.2. The number of nitriles is 1. The van der Waals surface area contributed by atoms with E-state index in [1.54, 1.807) is 12.1 Å². The molecule has 4 nitrogen and oxygen atoms in total. The molecule has 1 aromatic rings. The molecule has 0 radical (unpaired) electrons. The summed E-state index contributed by atoms with van der Waals surface area (Å²) < 4.78 is 0. The van der Waals surface area contributed by atoms with Crippen molar-refractivity contribution >= 4 is 5.91 Å². The van der Waals surface area contributed by atoms with Crippen molar-refractivity contribution in [3.8, 4) is 6.07 Å². The first-order valence-corrected chi connectivity index (χ1v) is 6.60. The van der Waals surface area contributed by atoms with E-state index in [1.165, 1.54) is 6.20 Å². The van der Waals surface area contributed by atoms with Crippen LogP contribution in [0.2, 0.25) is 0 Å². The first-order valence-electron chi connectivity index (χ1n) is 6.60. The van der Waals surface area contributed by atoms with Gasteiger partial charge in [0, 0.05) is 12.7 Å². The fourth-order valence-electron chi connectivity index (χ4n) is 2.14. The van der Waals surface area contributed by atoms with Crippen LogP contribution >= 0.6 is 0 Å². The summed E-state index contributed by atoms with van der Waals surface area (Å²) in [7, 11) is 0. The molecule has 0 aliphatic carbocycles. The van der Waals surface area contributed by atoms with Gasteiger partial charge in [-0.2, -0.15) is 5.26 Å². The molecule has 1 amide bonds. The molecular weight excluding hydrogens is 238 g/mol. The molecule has 4 heteroatoms. The number of carbonyl (C=O) groups is 1. The Balaban J connectivity index is 2.62. The van der Waals surface area contributed by atoms with Crippen LogP contribution in [0.4, 0.5) is 0 Å². The Kier molecular flexibility index (Phi) is 5.50. The smallest absolute Gasteiger partial charge is 0.269 e. The zero-order chi connectivity index (χ0) is 14.4. The molecular formula is C15H21N3O. The molecule has 0 aromatic carbocycles. The average molecular weight is 259 g/mol. The highest BCUT2D eigenvalue weighted by molar-refractivity contribution is 5.92. The second kappa shape index (κ2) is 6.89. The average Bonchev–Trinajstić information content (AvgIpc) is 2.38. The Hall–Kier alpha value is -1.89. The van der Waals surface area contributed by atoms with E-state index in [1.807, 2.05) is 6.07 Å². The quantitative estimate of drug-likeness (QED) is 0.884. The molecule has 1 N–H and O–H groups in total. The Morgan fingerprint density at radius 1 is 1.32 bits per heavy atom. The SMILES string of the molecule is CC(C)C(CNC(=O)c1ccc(C#N)cn1)C(C)C. The van der Waals surface area contributed by atoms with Gasteiger partial charge in [-0.15, -0.1) is 0 Å². The van der Waals surface area contributed by atoms with Crippen molar-refractivity contribution < 1.29 is 4.79 Å². The van der Waals surface area contributed by atoms with Crippen molar-refractivity contribution in [1.82, 2.24) is 10.3 Å². The number of carbonyl (C=O) groups excluding carboxylic acids is 1. The van der Waals surface area contributed by atoms with Gasteiger partial charge in [-0.05, 0) is 29.9 Å². The number of nitrogens with zero attached hydrogens (tertiary/aromatic N) is 2. The molecule has 1 aromatic heterocycles. The van der Waals surface area contributed by atoms with Gasteiger partial charge in [0.25, 0.3) is 5.91 Å². The van der Waals surface area contributed by atoms with E-state index in [0.29, 0.717) is 35.6 Å². The summed E-state index contributed by atoms with van der Waals surface area (Å²) in [5.74, 6) is 1.31. The highest BCUT2D eigenvalue weighted by atomic mass is 16.1. The van der Waals surface area contributed by atoms with E-state index >= 15 is 0 Å². The molecule has 0 saturated carbocycles. The second-order valence-electron chi connectivity index (χ2n) is 5.41. The van der Waals surface area contributed by atoms with Gasteiger partial charge in [0.1, 0.15) is 11.8 Å². The number of hydrogen-bond acceptors (Lipinski definition) is 3. The standard InChI is InChI=1S/C15H21N3O/c1-10(2)13(11(3)4)9-18-15(19)14-6-5-12(7-16)8-17-14/h5-6,8,10-11,13H,9H2,1-4H3,(H,18,19). The van der Waals surface area contributed by atoms with E-state index in [4.69, 9.17) is 5.26 Å². The van der Waals surface area contributed by atoms with E-state index in [2.05, 4.69) is 38.0 Å². The second-order valence-corrected chi connectivity index (χ2v) is 5.41. The number of amides is 1. The predicted octanol–water partition coefficient (Wildman–Crippen LogP) is 2.61. The zero-order valence-electron chi connectivity index (χ0n) is 12.0. The van der Waals surface area contributed by atoms with Crippen molar-refractivity contribution in [2.45, 2.75) is 27.7 Å². The number of nitrogens with one attached hydrogen (secondary N) is 1. The molecule has 0 atom stereocenters. The van der Waals surface area contributed by atoms with Crippen LogP contribution in [0.25, 0.3) is 0 Å². The highest BCUT2D eigenvalue weighted by Gasteiger charge is 2.18. The summed E-state index contributed by atoms with van der Waals surface area (Å²) in [6.45, 7) is 9.30. The van der Waals surface area contributed by atoms with Crippen LogP contribution in [-0.2, 0) is 0 Å². The van der Waals surface area contributed by atoms with Gasteiger partial charge in [0.2, 0.25) is 0 Å². The van der Waals surface area contributed by atoms with Gasteiger partial charge < -0.3 is 5.32 Å². The summed E-state index contributed by atoms with van der Waals surface area (Å²) in [4.78, 5) is 15.9. The molecule has 102 valence electrons. The molecule has 0 saturated heterocycles. The van der Waals surface area contributed by atoms with Crippen LogP contribution in [-0.4, -0.2) is 17.4 Å². The van der Waals surface area contributed by atoms with E-state index in [0.717, 1.165) is 0 Å². The number of hydrogen-bond donors (Lipinski definition) is 1. The van der Waals surface area contributed by atoms with Crippen LogP contribution in [0, 0.1) is 29.1 Å². The van der Waals surface area contributed by atoms with Crippen molar-refractivity contribution in [2.24, 2.45) is 17.8 Å². The van der Waals surface area contributed by atoms with E-state index in [-0.39, 0.29) is 5.91 Å². The van der Waals surface area contributed by atoms with Gasteiger partial charge in [-0.3, -0.25) is 4.79 Å². The van der Waals surface area contributed by atoms with Gasteiger partial charge in [-0.1, -0.05) is 27.7 Å². The third-order valence-electron chi connectivity index (χ3n) is 3.34. The molecule has 0 bridgehead atoms. The maximum absolute atomic E-state index is 11.9. The van der Waals surface area contributed by atoms with Gasteiger partial charge in [0.05, 0.1) is 5.56 Å². The number of pyridine rings is 1. The summed E-state index contributed by atoms with van der Waals surface area (Å²) in [5.41, 5.74) is 0.809. The molecule has 0 aliphatic rings. The predicted molar refractivity (Wildman–Crippen MR) is 74.5 cm³/mol. The minimum Gasteiger partial charge on any atom is -0.350 e. The van der Waals surface area contributed by atoms with Crippen molar-refractivity contribution in [3.05, 3.63) is 29.6 Å². The Labute approximate surface area is 114 Å².